The van der Waals surface area contributed by atoms with Gasteiger partial charge in [-0.25, -0.2) is 0 Å². The van der Waals surface area contributed by atoms with Gasteiger partial charge >= 0.3 is 0 Å². The summed E-state index contributed by atoms with van der Waals surface area (Å²) in [6, 6.07) is 4.14. The Morgan fingerprint density at radius 1 is 1.69 bits per heavy atom. The summed E-state index contributed by atoms with van der Waals surface area (Å²) >= 11 is 7.98. The maximum atomic E-state index is 6.26. The van der Waals surface area contributed by atoms with Gasteiger partial charge in [0.25, 0.3) is 0 Å². The Hall–Kier alpha value is -0.0500. The molecule has 1 aromatic rings. The Morgan fingerprint density at radius 2 is 2.62 bits per heavy atom. The summed E-state index contributed by atoms with van der Waals surface area (Å²) in [6.45, 7) is 0.915. The quantitative estimate of drug-likeness (QED) is 0.702. The highest BCUT2D eigenvalue weighted by Gasteiger charge is 2.20. The molecule has 3 heteroatoms. The molecule has 0 bridgehead atoms. The van der Waals surface area contributed by atoms with Crippen molar-refractivity contribution in [1.29, 1.82) is 0 Å². The average molecular weight is 217 g/mol. The Labute approximate surface area is 87.7 Å². The molecular weight excluding hydrogens is 204 g/mol. The highest BCUT2D eigenvalue weighted by atomic mass is 35.5. The second kappa shape index (κ2) is 4.45. The zero-order valence-electron chi connectivity index (χ0n) is 7.41. The third kappa shape index (κ3) is 2.46. The summed E-state index contributed by atoms with van der Waals surface area (Å²) in [5.41, 5.74) is 0. The van der Waals surface area contributed by atoms with E-state index in [4.69, 9.17) is 16.3 Å². The SMILES string of the molecule is ClC(CC1CCCO1)c1cccs1. The van der Waals surface area contributed by atoms with Gasteiger partial charge in [0.2, 0.25) is 0 Å². The van der Waals surface area contributed by atoms with Gasteiger partial charge < -0.3 is 4.74 Å². The molecule has 0 radical (unpaired) electrons. The molecule has 2 atom stereocenters. The molecule has 0 saturated carbocycles. The molecule has 1 saturated heterocycles. The van der Waals surface area contributed by atoms with Crippen molar-refractivity contribution >= 4 is 22.9 Å². The minimum atomic E-state index is 0.142. The van der Waals surface area contributed by atoms with Crippen molar-refractivity contribution in [3.05, 3.63) is 22.4 Å². The third-order valence-corrected chi connectivity index (χ3v) is 3.87. The van der Waals surface area contributed by atoms with Crippen LogP contribution >= 0.6 is 22.9 Å². The summed E-state index contributed by atoms with van der Waals surface area (Å²) < 4.78 is 5.54. The number of rotatable bonds is 3. The van der Waals surface area contributed by atoms with Crippen LogP contribution in [-0.2, 0) is 4.74 Å². The largest absolute Gasteiger partial charge is 0.378 e. The van der Waals surface area contributed by atoms with Crippen molar-refractivity contribution in [3.8, 4) is 0 Å². The van der Waals surface area contributed by atoms with Gasteiger partial charge in [0.05, 0.1) is 11.5 Å². The number of hydrogen-bond donors (Lipinski definition) is 0. The topological polar surface area (TPSA) is 9.23 Å². The lowest BCUT2D eigenvalue weighted by molar-refractivity contribution is 0.103. The predicted octanol–water partition coefficient (Wildman–Crippen LogP) is 3.60. The molecular formula is C10H13ClOS. The van der Waals surface area contributed by atoms with Crippen LogP contribution < -0.4 is 0 Å². The normalized spacial score (nSPS) is 24.8. The molecule has 2 heterocycles. The van der Waals surface area contributed by atoms with Crippen molar-refractivity contribution in [3.63, 3.8) is 0 Å². The van der Waals surface area contributed by atoms with E-state index in [1.165, 1.54) is 17.7 Å². The maximum absolute atomic E-state index is 6.26. The highest BCUT2D eigenvalue weighted by molar-refractivity contribution is 7.10. The van der Waals surface area contributed by atoms with Crippen LogP contribution in [0, 0.1) is 0 Å². The fourth-order valence-corrected chi connectivity index (χ4v) is 2.79. The van der Waals surface area contributed by atoms with Gasteiger partial charge in [0, 0.05) is 11.5 Å². The molecule has 1 fully saturated rings. The van der Waals surface area contributed by atoms with Crippen molar-refractivity contribution in [1.82, 2.24) is 0 Å². The number of ether oxygens (including phenoxy) is 1. The molecule has 0 aliphatic carbocycles. The fraction of sp³-hybridized carbons (Fsp3) is 0.600. The van der Waals surface area contributed by atoms with Crippen molar-refractivity contribution in [2.45, 2.75) is 30.7 Å². The average Bonchev–Trinajstić information content (AvgIpc) is 2.74. The lowest BCUT2D eigenvalue weighted by Gasteiger charge is -2.12. The summed E-state index contributed by atoms with van der Waals surface area (Å²) in [5.74, 6) is 0. The Balaban J connectivity index is 1.87. The Morgan fingerprint density at radius 3 is 3.23 bits per heavy atom. The van der Waals surface area contributed by atoms with Crippen LogP contribution in [0.25, 0.3) is 0 Å². The minimum absolute atomic E-state index is 0.142. The molecule has 1 aliphatic rings. The van der Waals surface area contributed by atoms with Crippen LogP contribution in [0.15, 0.2) is 17.5 Å². The monoisotopic (exact) mass is 216 g/mol. The number of alkyl halides is 1. The Bertz CT molecular complexity index is 241. The first-order chi connectivity index (χ1) is 6.36. The number of halogens is 1. The van der Waals surface area contributed by atoms with E-state index in [0.29, 0.717) is 6.10 Å². The lowest BCUT2D eigenvalue weighted by atomic mass is 10.1. The molecule has 1 aromatic heterocycles. The van der Waals surface area contributed by atoms with Crippen LogP contribution in [0.3, 0.4) is 0 Å². The number of hydrogen-bond acceptors (Lipinski definition) is 2. The van der Waals surface area contributed by atoms with Crippen LogP contribution in [0.1, 0.15) is 29.5 Å². The zero-order chi connectivity index (χ0) is 9.10. The second-order valence-corrected chi connectivity index (χ2v) is 4.86. The van der Waals surface area contributed by atoms with Crippen LogP contribution in [-0.4, -0.2) is 12.7 Å². The Kier molecular flexibility index (Phi) is 3.25. The van der Waals surface area contributed by atoms with E-state index >= 15 is 0 Å². The molecule has 72 valence electrons. The van der Waals surface area contributed by atoms with Gasteiger partial charge in [-0.05, 0) is 30.7 Å². The molecule has 1 aliphatic heterocycles. The van der Waals surface area contributed by atoms with E-state index in [1.807, 2.05) is 6.07 Å². The molecule has 0 spiro atoms. The van der Waals surface area contributed by atoms with Crippen LogP contribution in [0.4, 0.5) is 0 Å². The molecule has 0 N–H and O–H groups in total. The fourth-order valence-electron chi connectivity index (χ4n) is 1.65. The van der Waals surface area contributed by atoms with E-state index in [1.54, 1.807) is 11.3 Å². The van der Waals surface area contributed by atoms with E-state index in [2.05, 4.69) is 11.4 Å². The van der Waals surface area contributed by atoms with Crippen molar-refractivity contribution < 1.29 is 4.74 Å². The van der Waals surface area contributed by atoms with Gasteiger partial charge in [0.15, 0.2) is 0 Å². The molecule has 2 rings (SSSR count). The predicted molar refractivity (Wildman–Crippen MR) is 56.5 cm³/mol. The van der Waals surface area contributed by atoms with E-state index in [-0.39, 0.29) is 5.38 Å². The van der Waals surface area contributed by atoms with Crippen molar-refractivity contribution in [2.75, 3.05) is 6.61 Å². The van der Waals surface area contributed by atoms with Gasteiger partial charge in [-0.1, -0.05) is 6.07 Å². The van der Waals surface area contributed by atoms with Gasteiger partial charge in [-0.3, -0.25) is 0 Å². The first kappa shape index (κ1) is 9.50. The highest BCUT2D eigenvalue weighted by Crippen LogP contribution is 2.32. The third-order valence-electron chi connectivity index (χ3n) is 2.35. The van der Waals surface area contributed by atoms with Crippen molar-refractivity contribution in [2.24, 2.45) is 0 Å². The van der Waals surface area contributed by atoms with E-state index < -0.39 is 0 Å². The second-order valence-electron chi connectivity index (χ2n) is 3.35. The van der Waals surface area contributed by atoms with Gasteiger partial charge in [-0.2, -0.15) is 0 Å². The van der Waals surface area contributed by atoms with Gasteiger partial charge in [0.1, 0.15) is 0 Å². The molecule has 13 heavy (non-hydrogen) atoms. The smallest absolute Gasteiger partial charge is 0.0703 e. The summed E-state index contributed by atoms with van der Waals surface area (Å²) in [4.78, 5) is 1.26. The van der Waals surface area contributed by atoms with Crippen LogP contribution in [0.5, 0.6) is 0 Å². The standard InChI is InChI=1S/C10H13ClOS/c11-9(10-4-2-6-13-10)7-8-3-1-5-12-8/h2,4,6,8-9H,1,3,5,7H2. The molecule has 2 unspecified atom stereocenters. The molecule has 1 nitrogen and oxygen atoms in total. The summed E-state index contributed by atoms with van der Waals surface area (Å²) in [5, 5.41) is 2.21. The molecule has 0 amide bonds. The molecule has 0 aromatic carbocycles. The van der Waals surface area contributed by atoms with E-state index in [9.17, 15) is 0 Å². The van der Waals surface area contributed by atoms with Gasteiger partial charge in [-0.15, -0.1) is 22.9 Å². The number of thiophene rings is 1. The maximum Gasteiger partial charge on any atom is 0.0703 e. The van der Waals surface area contributed by atoms with Crippen LogP contribution in [0.2, 0.25) is 0 Å². The lowest BCUT2D eigenvalue weighted by Crippen LogP contribution is -2.07. The minimum Gasteiger partial charge on any atom is -0.378 e. The first-order valence-electron chi connectivity index (χ1n) is 4.65. The summed E-state index contributed by atoms with van der Waals surface area (Å²) in [6.07, 6.45) is 3.72. The zero-order valence-corrected chi connectivity index (χ0v) is 8.98. The first-order valence-corrected chi connectivity index (χ1v) is 5.97. The summed E-state index contributed by atoms with van der Waals surface area (Å²) in [7, 11) is 0. The van der Waals surface area contributed by atoms with E-state index in [0.717, 1.165) is 13.0 Å².